The molecule has 98 valence electrons. The maximum absolute atomic E-state index is 7.69. The van der Waals surface area contributed by atoms with Crippen LogP contribution in [0.4, 0.5) is 5.69 Å². The fraction of sp³-hybridized carbons (Fsp3) is 0.500. The standard InChI is InChI=1S/C14H20ClN3/c1-2-18(11-5-3-4-6-11)13-9-10(15)7-8-12(13)14(16)17/h7-9,11H,2-6H2,1H3,(H3,16,17). The van der Waals surface area contributed by atoms with Gasteiger partial charge in [0.05, 0.1) is 0 Å². The highest BCUT2D eigenvalue weighted by Gasteiger charge is 2.24. The largest absolute Gasteiger partial charge is 0.384 e. The molecule has 1 aliphatic rings. The van der Waals surface area contributed by atoms with Crippen molar-refractivity contribution in [3.63, 3.8) is 0 Å². The molecule has 0 aliphatic heterocycles. The highest BCUT2D eigenvalue weighted by molar-refractivity contribution is 6.31. The van der Waals surface area contributed by atoms with Gasteiger partial charge in [0.1, 0.15) is 5.84 Å². The smallest absolute Gasteiger partial charge is 0.124 e. The zero-order valence-electron chi connectivity index (χ0n) is 10.7. The van der Waals surface area contributed by atoms with Gasteiger partial charge in [0.2, 0.25) is 0 Å². The second-order valence-electron chi connectivity index (χ2n) is 4.80. The Morgan fingerprint density at radius 2 is 2.11 bits per heavy atom. The van der Waals surface area contributed by atoms with Crippen LogP contribution in [0.2, 0.25) is 5.02 Å². The summed E-state index contributed by atoms with van der Waals surface area (Å²) in [4.78, 5) is 2.34. The van der Waals surface area contributed by atoms with Gasteiger partial charge in [-0.25, -0.2) is 0 Å². The molecule has 0 bridgehead atoms. The van der Waals surface area contributed by atoms with Gasteiger partial charge in [-0.3, -0.25) is 5.41 Å². The summed E-state index contributed by atoms with van der Waals surface area (Å²) in [5, 5.41) is 8.39. The van der Waals surface area contributed by atoms with Crippen molar-refractivity contribution in [3.05, 3.63) is 28.8 Å². The Balaban J connectivity index is 2.39. The van der Waals surface area contributed by atoms with Crippen LogP contribution in [0.5, 0.6) is 0 Å². The third-order valence-electron chi connectivity index (χ3n) is 3.67. The van der Waals surface area contributed by atoms with E-state index in [4.69, 9.17) is 22.7 Å². The predicted octanol–water partition coefficient (Wildman–Crippen LogP) is 3.39. The van der Waals surface area contributed by atoms with Gasteiger partial charge in [0, 0.05) is 28.9 Å². The van der Waals surface area contributed by atoms with Crippen molar-refractivity contribution < 1.29 is 0 Å². The Morgan fingerprint density at radius 1 is 1.44 bits per heavy atom. The van der Waals surface area contributed by atoms with Crippen LogP contribution >= 0.6 is 11.6 Å². The van der Waals surface area contributed by atoms with Crippen molar-refractivity contribution >= 4 is 23.1 Å². The van der Waals surface area contributed by atoms with Crippen LogP contribution in [0.15, 0.2) is 18.2 Å². The van der Waals surface area contributed by atoms with Gasteiger partial charge in [-0.15, -0.1) is 0 Å². The zero-order chi connectivity index (χ0) is 13.1. The van der Waals surface area contributed by atoms with Gasteiger partial charge in [0.25, 0.3) is 0 Å². The average molecular weight is 266 g/mol. The summed E-state index contributed by atoms with van der Waals surface area (Å²) in [5.41, 5.74) is 7.46. The van der Waals surface area contributed by atoms with Crippen molar-refractivity contribution in [1.82, 2.24) is 0 Å². The van der Waals surface area contributed by atoms with E-state index in [0.717, 1.165) is 17.8 Å². The first-order valence-electron chi connectivity index (χ1n) is 6.54. The number of hydrogen-bond donors (Lipinski definition) is 2. The minimum Gasteiger partial charge on any atom is -0.384 e. The SMILES string of the molecule is CCN(c1cc(Cl)ccc1C(=N)N)C1CCCC1. The Bertz CT molecular complexity index is 439. The number of hydrogen-bond acceptors (Lipinski definition) is 2. The van der Waals surface area contributed by atoms with Crippen molar-refractivity contribution in [3.8, 4) is 0 Å². The Labute approximate surface area is 113 Å². The molecular weight excluding hydrogens is 246 g/mol. The molecule has 0 heterocycles. The van der Waals surface area contributed by atoms with Crippen LogP contribution in [-0.4, -0.2) is 18.4 Å². The maximum Gasteiger partial charge on any atom is 0.124 e. The lowest BCUT2D eigenvalue weighted by Crippen LogP contribution is -2.34. The van der Waals surface area contributed by atoms with E-state index in [2.05, 4.69) is 11.8 Å². The number of nitrogens with one attached hydrogen (secondary N) is 1. The molecule has 1 aromatic rings. The highest BCUT2D eigenvalue weighted by atomic mass is 35.5. The minimum absolute atomic E-state index is 0.109. The molecule has 0 atom stereocenters. The Morgan fingerprint density at radius 3 is 2.67 bits per heavy atom. The van der Waals surface area contributed by atoms with Gasteiger partial charge in [-0.1, -0.05) is 24.4 Å². The third kappa shape index (κ3) is 2.61. The minimum atomic E-state index is 0.109. The van der Waals surface area contributed by atoms with Gasteiger partial charge in [-0.05, 0) is 38.0 Å². The topological polar surface area (TPSA) is 53.1 Å². The molecule has 0 unspecified atom stereocenters. The summed E-state index contributed by atoms with van der Waals surface area (Å²) >= 11 is 6.09. The van der Waals surface area contributed by atoms with E-state index in [1.54, 1.807) is 6.07 Å². The summed E-state index contributed by atoms with van der Waals surface area (Å²) < 4.78 is 0. The van der Waals surface area contributed by atoms with Crippen molar-refractivity contribution in [2.45, 2.75) is 38.6 Å². The van der Waals surface area contributed by atoms with Gasteiger partial charge in [-0.2, -0.15) is 0 Å². The van der Waals surface area contributed by atoms with Gasteiger partial charge in [0.15, 0.2) is 0 Å². The molecule has 0 spiro atoms. The third-order valence-corrected chi connectivity index (χ3v) is 3.90. The monoisotopic (exact) mass is 265 g/mol. The number of amidine groups is 1. The summed E-state index contributed by atoms with van der Waals surface area (Å²) in [6.07, 6.45) is 5.02. The zero-order valence-corrected chi connectivity index (χ0v) is 11.5. The fourth-order valence-electron chi connectivity index (χ4n) is 2.81. The molecule has 3 nitrogen and oxygen atoms in total. The number of halogens is 1. The number of benzene rings is 1. The number of anilines is 1. The molecule has 4 heteroatoms. The Hall–Kier alpha value is -1.22. The van der Waals surface area contributed by atoms with Crippen LogP contribution in [-0.2, 0) is 0 Å². The molecule has 1 saturated carbocycles. The van der Waals surface area contributed by atoms with Crippen LogP contribution in [0.1, 0.15) is 38.2 Å². The molecule has 1 fully saturated rings. The van der Waals surface area contributed by atoms with Gasteiger partial charge < -0.3 is 10.6 Å². The second-order valence-corrected chi connectivity index (χ2v) is 5.24. The number of rotatable bonds is 4. The predicted molar refractivity (Wildman–Crippen MR) is 77.7 cm³/mol. The Kier molecular flexibility index (Phi) is 4.12. The van der Waals surface area contributed by atoms with Crippen LogP contribution < -0.4 is 10.6 Å². The molecule has 0 radical (unpaired) electrons. The van der Waals surface area contributed by atoms with E-state index in [1.165, 1.54) is 25.7 Å². The first kappa shape index (κ1) is 13.2. The molecule has 18 heavy (non-hydrogen) atoms. The molecule has 0 amide bonds. The first-order chi connectivity index (χ1) is 8.63. The quantitative estimate of drug-likeness (QED) is 0.648. The van der Waals surface area contributed by atoms with E-state index >= 15 is 0 Å². The normalized spacial score (nSPS) is 15.9. The fourth-order valence-corrected chi connectivity index (χ4v) is 2.98. The van der Waals surface area contributed by atoms with E-state index in [9.17, 15) is 0 Å². The molecule has 0 aromatic heterocycles. The van der Waals surface area contributed by atoms with Crippen LogP contribution in [0, 0.1) is 5.41 Å². The molecule has 0 saturated heterocycles. The van der Waals surface area contributed by atoms with Crippen LogP contribution in [0.25, 0.3) is 0 Å². The molecule has 3 N–H and O–H groups in total. The molecule has 1 aliphatic carbocycles. The lowest BCUT2D eigenvalue weighted by atomic mass is 10.1. The molecule has 2 rings (SSSR count). The van der Waals surface area contributed by atoms with Gasteiger partial charge >= 0.3 is 0 Å². The summed E-state index contributed by atoms with van der Waals surface area (Å²) in [5.74, 6) is 0.109. The highest BCUT2D eigenvalue weighted by Crippen LogP contribution is 2.31. The lowest BCUT2D eigenvalue weighted by molar-refractivity contribution is 0.619. The van der Waals surface area contributed by atoms with Crippen molar-refractivity contribution in [1.29, 1.82) is 5.41 Å². The first-order valence-corrected chi connectivity index (χ1v) is 6.92. The van der Waals surface area contributed by atoms with Crippen molar-refractivity contribution in [2.24, 2.45) is 5.73 Å². The van der Waals surface area contributed by atoms with E-state index < -0.39 is 0 Å². The number of nitrogens with two attached hydrogens (primary N) is 1. The molecule has 1 aromatic carbocycles. The summed E-state index contributed by atoms with van der Waals surface area (Å²) in [6.45, 7) is 3.06. The van der Waals surface area contributed by atoms with E-state index in [0.29, 0.717) is 11.1 Å². The van der Waals surface area contributed by atoms with E-state index in [1.807, 2.05) is 12.1 Å². The van der Waals surface area contributed by atoms with Crippen LogP contribution in [0.3, 0.4) is 0 Å². The number of nitrogen functional groups attached to an aromatic ring is 1. The molecular formula is C14H20ClN3. The summed E-state index contributed by atoms with van der Waals surface area (Å²) in [7, 11) is 0. The van der Waals surface area contributed by atoms with E-state index in [-0.39, 0.29) is 5.84 Å². The summed E-state index contributed by atoms with van der Waals surface area (Å²) in [6, 6.07) is 6.13. The maximum atomic E-state index is 7.69. The lowest BCUT2D eigenvalue weighted by Gasteiger charge is -2.31. The average Bonchev–Trinajstić information content (AvgIpc) is 2.83. The second kappa shape index (κ2) is 5.61. The van der Waals surface area contributed by atoms with Crippen molar-refractivity contribution in [2.75, 3.05) is 11.4 Å². The number of nitrogens with zero attached hydrogens (tertiary/aromatic N) is 1.